The van der Waals surface area contributed by atoms with E-state index in [9.17, 15) is 14.9 Å². The number of carbonyl (C=O) groups is 2. The third-order valence-corrected chi connectivity index (χ3v) is 8.86. The van der Waals surface area contributed by atoms with Gasteiger partial charge in [-0.25, -0.2) is 4.98 Å². The van der Waals surface area contributed by atoms with Crippen LogP contribution in [-0.2, 0) is 9.59 Å². The molecule has 4 saturated heterocycles. The number of thioether (sulfide) groups is 2. The molecule has 4 aliphatic rings. The number of methoxy groups -OCH3 is 1. The van der Waals surface area contributed by atoms with Crippen molar-refractivity contribution in [2.75, 3.05) is 14.2 Å². The third kappa shape index (κ3) is 2.30. The number of piperazine rings is 1. The molecular weight excluding hydrogens is 416 g/mol. The molecule has 4 fully saturated rings. The summed E-state index contributed by atoms with van der Waals surface area (Å²) in [5.74, 6) is 0.0249. The molecule has 10 heteroatoms. The Bertz CT molecular complexity index is 948. The SMILES string of the molecule is COc1ccc([C@@H]2N3C(=O)[C@]4(C)SC(=S)S[C@@]3(C[C@]2(C)C#N)C(=O)N4C)cn1. The Morgan fingerprint density at radius 2 is 2.04 bits per heavy atom. The van der Waals surface area contributed by atoms with Crippen LogP contribution in [0.15, 0.2) is 18.3 Å². The highest BCUT2D eigenvalue weighted by Crippen LogP contribution is 2.65. The summed E-state index contributed by atoms with van der Waals surface area (Å²) in [7, 11) is 3.15. The maximum absolute atomic E-state index is 13.7. The molecule has 28 heavy (non-hydrogen) atoms. The van der Waals surface area contributed by atoms with Crippen molar-refractivity contribution in [2.24, 2.45) is 5.41 Å². The number of carbonyl (C=O) groups excluding carboxylic acids is 2. The van der Waals surface area contributed by atoms with Crippen molar-refractivity contribution >= 4 is 51.1 Å². The minimum absolute atomic E-state index is 0.197. The van der Waals surface area contributed by atoms with E-state index in [1.54, 1.807) is 44.1 Å². The number of rotatable bonds is 2. The highest BCUT2D eigenvalue weighted by molar-refractivity contribution is 8.48. The normalized spacial score (nSPS) is 37.0. The van der Waals surface area contributed by atoms with Gasteiger partial charge in [0.25, 0.3) is 11.8 Å². The van der Waals surface area contributed by atoms with Crippen LogP contribution in [0.25, 0.3) is 0 Å². The zero-order chi connectivity index (χ0) is 20.5. The van der Waals surface area contributed by atoms with E-state index in [4.69, 9.17) is 17.0 Å². The van der Waals surface area contributed by atoms with E-state index in [1.165, 1.54) is 35.5 Å². The highest BCUT2D eigenvalue weighted by Gasteiger charge is 2.73. The van der Waals surface area contributed by atoms with E-state index < -0.39 is 21.2 Å². The van der Waals surface area contributed by atoms with Crippen LogP contribution < -0.4 is 4.74 Å². The Morgan fingerprint density at radius 3 is 2.61 bits per heavy atom. The molecule has 0 N–H and O–H groups in total. The fourth-order valence-electron chi connectivity index (χ4n) is 4.31. The van der Waals surface area contributed by atoms with E-state index in [2.05, 4.69) is 11.1 Å². The van der Waals surface area contributed by atoms with Crippen LogP contribution in [0.3, 0.4) is 0 Å². The van der Waals surface area contributed by atoms with Gasteiger partial charge >= 0.3 is 0 Å². The van der Waals surface area contributed by atoms with E-state index in [0.717, 1.165) is 0 Å². The molecule has 2 bridgehead atoms. The number of thiocarbonyl (C=S) groups is 1. The average molecular weight is 435 g/mol. The van der Waals surface area contributed by atoms with Crippen molar-refractivity contribution in [2.45, 2.75) is 36.1 Å². The number of ether oxygens (including phenoxy) is 1. The standard InChI is InChI=1S/C18H18N4O3S3/c1-16(9-19)8-18-14(24)21(3)17(2,27-15(26)28-18)13(23)22(18)12(16)10-5-6-11(25-4)20-7-10/h5-7,12H,8H2,1-4H3/t12-,16+,17-,18-/m0/s1. The number of nitriles is 1. The van der Waals surface area contributed by atoms with Gasteiger partial charge < -0.3 is 14.5 Å². The second kappa shape index (κ2) is 6.08. The molecule has 4 aliphatic heterocycles. The van der Waals surface area contributed by atoms with Crippen molar-refractivity contribution in [1.82, 2.24) is 14.8 Å². The summed E-state index contributed by atoms with van der Waals surface area (Å²) in [6, 6.07) is 5.24. The third-order valence-electron chi connectivity index (χ3n) is 5.83. The van der Waals surface area contributed by atoms with Gasteiger partial charge in [0.1, 0.15) is 3.53 Å². The lowest BCUT2D eigenvalue weighted by molar-refractivity contribution is -0.163. The molecule has 0 radical (unpaired) electrons. The average Bonchev–Trinajstić information content (AvgIpc) is 2.87. The predicted molar refractivity (Wildman–Crippen MR) is 110 cm³/mol. The summed E-state index contributed by atoms with van der Waals surface area (Å²) in [6.45, 7) is 3.50. The second-order valence-corrected chi connectivity index (χ2v) is 11.4. The van der Waals surface area contributed by atoms with Crippen LogP contribution in [0.5, 0.6) is 5.88 Å². The van der Waals surface area contributed by atoms with E-state index in [-0.39, 0.29) is 18.2 Å². The van der Waals surface area contributed by atoms with E-state index in [1.807, 2.05) is 0 Å². The molecule has 5 rings (SSSR count). The molecule has 4 atom stereocenters. The largest absolute Gasteiger partial charge is 0.481 e. The Hall–Kier alpha value is -1.83. The first-order valence-electron chi connectivity index (χ1n) is 8.58. The van der Waals surface area contributed by atoms with Gasteiger partial charge in [-0.1, -0.05) is 35.7 Å². The number of hydrogen-bond acceptors (Lipinski definition) is 8. The fourth-order valence-corrected chi connectivity index (χ4v) is 8.17. The van der Waals surface area contributed by atoms with Crippen molar-refractivity contribution in [3.05, 3.63) is 23.9 Å². The lowest BCUT2D eigenvalue weighted by Gasteiger charge is -2.49. The number of nitrogens with zero attached hydrogens (tertiary/aromatic N) is 4. The first kappa shape index (κ1) is 19.5. The van der Waals surface area contributed by atoms with Gasteiger partial charge in [-0.2, -0.15) is 5.26 Å². The molecule has 5 heterocycles. The minimum atomic E-state index is -1.22. The fraction of sp³-hybridized carbons (Fsp3) is 0.500. The summed E-state index contributed by atoms with van der Waals surface area (Å²) >= 11 is 7.93. The number of hydrogen-bond donors (Lipinski definition) is 0. The Labute approximate surface area is 176 Å². The molecule has 7 nitrogen and oxygen atoms in total. The summed E-state index contributed by atoms with van der Waals surface area (Å²) in [5.41, 5.74) is -0.281. The molecular formula is C18H18N4O3S3. The summed E-state index contributed by atoms with van der Waals surface area (Å²) in [4.78, 5) is 32.2. The first-order valence-corrected chi connectivity index (χ1v) is 10.6. The summed E-state index contributed by atoms with van der Waals surface area (Å²) in [5, 5.41) is 10.1. The van der Waals surface area contributed by atoms with Gasteiger partial charge in [0, 0.05) is 25.7 Å². The van der Waals surface area contributed by atoms with Crippen LogP contribution in [-0.4, -0.2) is 54.0 Å². The Balaban J connectivity index is 1.95. The zero-order valence-corrected chi connectivity index (χ0v) is 18.2. The quantitative estimate of drug-likeness (QED) is 0.657. The number of fused-ring (bicyclic) bond motifs is 3. The smallest absolute Gasteiger partial charge is 0.261 e. The van der Waals surface area contributed by atoms with E-state index >= 15 is 0 Å². The zero-order valence-electron chi connectivity index (χ0n) is 15.8. The van der Waals surface area contributed by atoms with Crippen LogP contribution in [0.2, 0.25) is 0 Å². The lowest BCUT2D eigenvalue weighted by atomic mass is 9.80. The van der Waals surface area contributed by atoms with Crippen molar-refractivity contribution in [3.63, 3.8) is 0 Å². The molecule has 2 amide bonds. The monoisotopic (exact) mass is 434 g/mol. The summed E-state index contributed by atoms with van der Waals surface area (Å²) in [6.07, 6.45) is 1.81. The molecule has 0 unspecified atom stereocenters. The second-order valence-electron chi connectivity index (χ2n) is 7.50. The van der Waals surface area contributed by atoms with Crippen molar-refractivity contribution in [3.8, 4) is 11.9 Å². The number of amides is 2. The van der Waals surface area contributed by atoms with Gasteiger partial charge in [-0.3, -0.25) is 9.59 Å². The van der Waals surface area contributed by atoms with Crippen molar-refractivity contribution < 1.29 is 14.3 Å². The molecule has 1 spiro atoms. The van der Waals surface area contributed by atoms with Crippen LogP contribution in [0.1, 0.15) is 31.9 Å². The van der Waals surface area contributed by atoms with Crippen molar-refractivity contribution in [1.29, 1.82) is 5.26 Å². The number of aromatic nitrogens is 1. The first-order chi connectivity index (χ1) is 13.1. The van der Waals surface area contributed by atoms with Gasteiger partial charge in [0.05, 0.1) is 24.6 Å². The lowest BCUT2D eigenvalue weighted by Crippen LogP contribution is -2.69. The number of likely N-dealkylation sites (N-methyl/N-ethyl adjacent to an activating group) is 1. The van der Waals surface area contributed by atoms with E-state index in [0.29, 0.717) is 15.0 Å². The summed E-state index contributed by atoms with van der Waals surface area (Å²) < 4.78 is 5.66. The molecule has 0 aliphatic carbocycles. The van der Waals surface area contributed by atoms with Gasteiger partial charge in [0.15, 0.2) is 9.74 Å². The van der Waals surface area contributed by atoms with Gasteiger partial charge in [0.2, 0.25) is 5.88 Å². The molecule has 0 saturated carbocycles. The predicted octanol–water partition coefficient (Wildman–Crippen LogP) is 2.54. The maximum Gasteiger partial charge on any atom is 0.261 e. The highest BCUT2D eigenvalue weighted by atomic mass is 32.2. The maximum atomic E-state index is 13.7. The minimum Gasteiger partial charge on any atom is -0.481 e. The molecule has 1 aromatic rings. The van der Waals surface area contributed by atoms with Gasteiger partial charge in [-0.15, -0.1) is 0 Å². The molecule has 0 aromatic carbocycles. The topological polar surface area (TPSA) is 86.5 Å². The van der Waals surface area contributed by atoms with Crippen LogP contribution in [0.4, 0.5) is 0 Å². The van der Waals surface area contributed by atoms with Crippen LogP contribution >= 0.6 is 35.7 Å². The Morgan fingerprint density at radius 1 is 1.32 bits per heavy atom. The van der Waals surface area contributed by atoms with Crippen LogP contribution in [0, 0.1) is 16.7 Å². The number of pyridine rings is 1. The van der Waals surface area contributed by atoms with Gasteiger partial charge in [-0.05, 0) is 25.5 Å². The molecule has 146 valence electrons. The molecule has 1 aromatic heterocycles. The Kier molecular flexibility index (Phi) is 4.23.